The van der Waals surface area contributed by atoms with Crippen LogP contribution in [0.5, 0.6) is 0 Å². The zero-order valence-electron chi connectivity index (χ0n) is 14.3. The highest BCUT2D eigenvalue weighted by Gasteiger charge is 2.51. The number of Topliss-reactive ketones (excluding diaryl/α,β-unsaturated/α-hetero) is 1. The molecular formula is C16H21F3N2O4S. The van der Waals surface area contributed by atoms with Gasteiger partial charge in [0.2, 0.25) is 10.0 Å². The summed E-state index contributed by atoms with van der Waals surface area (Å²) in [4.78, 5) is 11.4. The fraction of sp³-hybridized carbons (Fsp3) is 0.688. The van der Waals surface area contributed by atoms with Crippen LogP contribution in [0, 0.1) is 5.92 Å². The number of rotatable bonds is 3. The van der Waals surface area contributed by atoms with E-state index in [9.17, 15) is 26.4 Å². The first-order valence-electron chi connectivity index (χ1n) is 8.48. The first-order chi connectivity index (χ1) is 12.1. The number of halogens is 3. The Morgan fingerprint density at radius 2 is 1.96 bits per heavy atom. The van der Waals surface area contributed by atoms with Crippen LogP contribution in [0.25, 0.3) is 0 Å². The van der Waals surface area contributed by atoms with Crippen molar-refractivity contribution in [3.05, 3.63) is 22.6 Å². The molecule has 0 aromatic rings. The van der Waals surface area contributed by atoms with Crippen LogP contribution in [-0.4, -0.2) is 56.6 Å². The third kappa shape index (κ3) is 3.35. The number of nitrogens with zero attached hydrogens (tertiary/aromatic N) is 1. The van der Waals surface area contributed by atoms with Gasteiger partial charge in [-0.1, -0.05) is 13.0 Å². The van der Waals surface area contributed by atoms with E-state index >= 15 is 0 Å². The number of carbonyl (C=O) groups excluding carboxylic acids is 1. The van der Waals surface area contributed by atoms with E-state index in [0.717, 1.165) is 12.2 Å². The molecule has 1 N–H and O–H groups in total. The van der Waals surface area contributed by atoms with E-state index in [1.807, 2.05) is 0 Å². The Bertz CT molecular complexity index is 752. The third-order valence-electron chi connectivity index (χ3n) is 5.10. The molecule has 1 unspecified atom stereocenters. The molecule has 10 heteroatoms. The van der Waals surface area contributed by atoms with E-state index in [0.29, 0.717) is 25.9 Å². The Hall–Kier alpha value is -1.23. The molecule has 2 heterocycles. The number of allylic oxidation sites excluding steroid dienone is 4. The largest absolute Gasteiger partial charge is 0.454 e. The monoisotopic (exact) mass is 394 g/mol. The number of ether oxygens (including phenoxy) is 1. The minimum atomic E-state index is -4.96. The topological polar surface area (TPSA) is 75.7 Å². The average Bonchev–Trinajstić information content (AvgIpc) is 2.97. The Kier molecular flexibility index (Phi) is 5.06. The standard InChI is InChI=1S/C16H21F3N2O4S/c1-11-10-12(14(22)16(17,18)19)2-3-13(11)26(23,24)21-8-9-25-15(21)4-6-20-7-5-15/h2-3,11,20H,4-10H2,1H3. The zero-order chi connectivity index (χ0) is 19.2. The second kappa shape index (κ2) is 6.74. The summed E-state index contributed by atoms with van der Waals surface area (Å²) in [6, 6.07) is 0. The summed E-state index contributed by atoms with van der Waals surface area (Å²) in [6.45, 7) is 3.28. The van der Waals surface area contributed by atoms with Crippen molar-refractivity contribution in [2.75, 3.05) is 26.2 Å². The molecule has 0 aromatic heterocycles. The van der Waals surface area contributed by atoms with Gasteiger partial charge < -0.3 is 10.1 Å². The zero-order valence-corrected chi connectivity index (χ0v) is 15.1. The van der Waals surface area contributed by atoms with Gasteiger partial charge in [0.1, 0.15) is 5.72 Å². The van der Waals surface area contributed by atoms with Crippen molar-refractivity contribution in [3.63, 3.8) is 0 Å². The van der Waals surface area contributed by atoms with Crippen molar-refractivity contribution in [1.82, 2.24) is 9.62 Å². The predicted molar refractivity (Wildman–Crippen MR) is 87.4 cm³/mol. The summed E-state index contributed by atoms with van der Waals surface area (Å²) in [7, 11) is -3.90. The summed E-state index contributed by atoms with van der Waals surface area (Å²) in [5.74, 6) is -2.64. The van der Waals surface area contributed by atoms with Gasteiger partial charge in [-0.3, -0.25) is 4.79 Å². The average molecular weight is 394 g/mol. The molecule has 0 amide bonds. The Labute approximate surface area is 150 Å². The van der Waals surface area contributed by atoms with E-state index in [1.165, 1.54) is 11.2 Å². The van der Waals surface area contributed by atoms with Gasteiger partial charge in [-0.15, -0.1) is 0 Å². The van der Waals surface area contributed by atoms with Crippen molar-refractivity contribution in [3.8, 4) is 0 Å². The minimum absolute atomic E-state index is 0.0274. The molecule has 0 saturated carbocycles. The summed E-state index contributed by atoms with van der Waals surface area (Å²) in [5.41, 5.74) is -1.31. The molecule has 1 aliphatic carbocycles. The van der Waals surface area contributed by atoms with E-state index in [4.69, 9.17) is 4.74 Å². The maximum absolute atomic E-state index is 13.2. The van der Waals surface area contributed by atoms with Crippen molar-refractivity contribution < 1.29 is 31.1 Å². The molecule has 26 heavy (non-hydrogen) atoms. The molecule has 2 fully saturated rings. The fourth-order valence-corrected chi connectivity index (χ4v) is 5.88. The number of ketones is 1. The maximum atomic E-state index is 13.2. The second-order valence-electron chi connectivity index (χ2n) is 6.81. The van der Waals surface area contributed by atoms with Crippen molar-refractivity contribution >= 4 is 15.8 Å². The van der Waals surface area contributed by atoms with E-state index in [2.05, 4.69) is 5.32 Å². The molecule has 1 atom stereocenters. The molecule has 146 valence electrons. The lowest BCUT2D eigenvalue weighted by Gasteiger charge is -2.40. The smallest absolute Gasteiger partial charge is 0.358 e. The lowest BCUT2D eigenvalue weighted by atomic mass is 9.93. The van der Waals surface area contributed by atoms with Gasteiger partial charge in [-0.05, 0) is 31.5 Å². The Morgan fingerprint density at radius 3 is 2.54 bits per heavy atom. The SMILES string of the molecule is CC1CC(C(=O)C(F)(F)F)=CC=C1S(=O)(=O)N1CCOC12CCNCC2. The number of hydrogen-bond donors (Lipinski definition) is 1. The van der Waals surface area contributed by atoms with Gasteiger partial charge in [-0.2, -0.15) is 17.5 Å². The van der Waals surface area contributed by atoms with Gasteiger partial charge in [0.25, 0.3) is 5.78 Å². The predicted octanol–water partition coefficient (Wildman–Crippen LogP) is 1.71. The van der Waals surface area contributed by atoms with E-state index < -0.39 is 39.2 Å². The lowest BCUT2D eigenvalue weighted by Crippen LogP contribution is -2.54. The highest BCUT2D eigenvalue weighted by atomic mass is 32.2. The highest BCUT2D eigenvalue weighted by molar-refractivity contribution is 7.93. The lowest BCUT2D eigenvalue weighted by molar-refractivity contribution is -0.166. The van der Waals surface area contributed by atoms with Gasteiger partial charge >= 0.3 is 6.18 Å². The summed E-state index contributed by atoms with van der Waals surface area (Å²) in [6.07, 6.45) is -2.07. The number of hydrogen-bond acceptors (Lipinski definition) is 5. The molecule has 0 bridgehead atoms. The van der Waals surface area contributed by atoms with Crippen LogP contribution < -0.4 is 5.32 Å². The van der Waals surface area contributed by atoms with Gasteiger partial charge in [-0.25, -0.2) is 8.42 Å². The molecule has 6 nitrogen and oxygen atoms in total. The number of carbonyl (C=O) groups is 1. The molecular weight excluding hydrogens is 373 g/mol. The molecule has 2 aliphatic heterocycles. The van der Waals surface area contributed by atoms with Crippen LogP contribution in [0.1, 0.15) is 26.2 Å². The minimum Gasteiger partial charge on any atom is -0.358 e. The molecule has 0 aromatic carbocycles. The normalized spacial score (nSPS) is 27.3. The van der Waals surface area contributed by atoms with E-state index in [-0.39, 0.29) is 24.5 Å². The number of piperidine rings is 1. The van der Waals surface area contributed by atoms with Gasteiger partial charge in [0.05, 0.1) is 11.5 Å². The van der Waals surface area contributed by atoms with Crippen LogP contribution >= 0.6 is 0 Å². The van der Waals surface area contributed by atoms with Crippen molar-refractivity contribution in [1.29, 1.82) is 0 Å². The molecule has 3 rings (SSSR count). The number of alkyl halides is 3. The maximum Gasteiger partial charge on any atom is 0.454 e. The van der Waals surface area contributed by atoms with Crippen molar-refractivity contribution in [2.45, 2.75) is 38.1 Å². The summed E-state index contributed by atoms with van der Waals surface area (Å²) < 4.78 is 71.3. The van der Waals surface area contributed by atoms with Gasteiger partial charge in [0.15, 0.2) is 0 Å². The Balaban J connectivity index is 1.91. The van der Waals surface area contributed by atoms with Crippen LogP contribution in [0.3, 0.4) is 0 Å². The fourth-order valence-electron chi connectivity index (χ4n) is 3.81. The third-order valence-corrected chi connectivity index (χ3v) is 7.33. The quantitative estimate of drug-likeness (QED) is 0.789. The number of sulfonamides is 1. The van der Waals surface area contributed by atoms with Gasteiger partial charge in [0, 0.05) is 25.0 Å². The number of nitrogens with one attached hydrogen (secondary N) is 1. The van der Waals surface area contributed by atoms with Crippen molar-refractivity contribution in [2.24, 2.45) is 5.92 Å². The molecule has 0 radical (unpaired) electrons. The summed E-state index contributed by atoms with van der Waals surface area (Å²) in [5, 5.41) is 3.16. The van der Waals surface area contributed by atoms with Crippen LogP contribution in [0.4, 0.5) is 13.2 Å². The van der Waals surface area contributed by atoms with Crippen LogP contribution in [0.15, 0.2) is 22.6 Å². The van der Waals surface area contributed by atoms with Crippen LogP contribution in [0.2, 0.25) is 0 Å². The first-order valence-corrected chi connectivity index (χ1v) is 9.92. The molecule has 3 aliphatic rings. The Morgan fingerprint density at radius 1 is 1.31 bits per heavy atom. The van der Waals surface area contributed by atoms with Crippen LogP contribution in [-0.2, 0) is 19.6 Å². The second-order valence-corrected chi connectivity index (χ2v) is 8.68. The van der Waals surface area contributed by atoms with E-state index in [1.54, 1.807) is 0 Å². The highest BCUT2D eigenvalue weighted by Crippen LogP contribution is 2.40. The molecule has 2 saturated heterocycles. The first kappa shape index (κ1) is 19.5. The molecule has 1 spiro atoms. The summed E-state index contributed by atoms with van der Waals surface area (Å²) >= 11 is 0.